The van der Waals surface area contributed by atoms with Gasteiger partial charge in [-0.25, -0.2) is 0 Å². The molecule has 0 radical (unpaired) electrons. The molecule has 94 valence electrons. The predicted octanol–water partition coefficient (Wildman–Crippen LogP) is 3.25. The number of hydrogen-bond donors (Lipinski definition) is 1. The standard InChI is InChI=1S/C16H20N2/c1-11-6-7-12(2)14(9-11)10-15(17)16-13(3)5-4-8-18-16/h4-9,15H,10,17H2,1-3H3. The van der Waals surface area contributed by atoms with E-state index in [0.29, 0.717) is 0 Å². The van der Waals surface area contributed by atoms with E-state index >= 15 is 0 Å². The van der Waals surface area contributed by atoms with E-state index in [4.69, 9.17) is 5.73 Å². The van der Waals surface area contributed by atoms with Crippen LogP contribution in [0.25, 0.3) is 0 Å². The number of benzene rings is 1. The summed E-state index contributed by atoms with van der Waals surface area (Å²) in [5.74, 6) is 0. The Balaban J connectivity index is 2.24. The van der Waals surface area contributed by atoms with Crippen LogP contribution in [-0.2, 0) is 6.42 Å². The van der Waals surface area contributed by atoms with Crippen LogP contribution in [0.15, 0.2) is 36.5 Å². The first kappa shape index (κ1) is 12.8. The van der Waals surface area contributed by atoms with E-state index in [1.807, 2.05) is 12.3 Å². The molecule has 1 unspecified atom stereocenters. The summed E-state index contributed by atoms with van der Waals surface area (Å²) in [6, 6.07) is 10.5. The number of nitrogens with two attached hydrogens (primary N) is 1. The Hall–Kier alpha value is -1.67. The summed E-state index contributed by atoms with van der Waals surface area (Å²) in [5.41, 5.74) is 12.3. The summed E-state index contributed by atoms with van der Waals surface area (Å²) in [6.07, 6.45) is 2.65. The van der Waals surface area contributed by atoms with Gasteiger partial charge in [0.05, 0.1) is 11.7 Å². The first-order valence-corrected chi connectivity index (χ1v) is 6.31. The Kier molecular flexibility index (Phi) is 3.78. The number of aromatic nitrogens is 1. The number of hydrogen-bond acceptors (Lipinski definition) is 2. The van der Waals surface area contributed by atoms with E-state index in [0.717, 1.165) is 17.7 Å². The summed E-state index contributed by atoms with van der Waals surface area (Å²) >= 11 is 0. The Morgan fingerprint density at radius 2 is 1.89 bits per heavy atom. The quantitative estimate of drug-likeness (QED) is 0.894. The van der Waals surface area contributed by atoms with Crippen molar-refractivity contribution < 1.29 is 0 Å². The molecule has 0 bridgehead atoms. The second-order valence-corrected chi connectivity index (χ2v) is 4.95. The van der Waals surface area contributed by atoms with Gasteiger partial charge in [0.2, 0.25) is 0 Å². The Morgan fingerprint density at radius 3 is 2.61 bits per heavy atom. The largest absolute Gasteiger partial charge is 0.322 e. The predicted molar refractivity (Wildman–Crippen MR) is 75.5 cm³/mol. The minimum atomic E-state index is -0.0355. The molecule has 0 aliphatic carbocycles. The normalized spacial score (nSPS) is 12.4. The second kappa shape index (κ2) is 5.32. The van der Waals surface area contributed by atoms with E-state index in [2.05, 4.69) is 50.0 Å². The molecule has 0 fully saturated rings. The minimum absolute atomic E-state index is 0.0355. The molecule has 0 spiro atoms. The number of pyridine rings is 1. The lowest BCUT2D eigenvalue weighted by Crippen LogP contribution is -2.16. The molecule has 18 heavy (non-hydrogen) atoms. The molecule has 2 rings (SSSR count). The maximum atomic E-state index is 6.28. The molecule has 2 N–H and O–H groups in total. The second-order valence-electron chi connectivity index (χ2n) is 4.95. The van der Waals surface area contributed by atoms with E-state index in [-0.39, 0.29) is 6.04 Å². The Morgan fingerprint density at radius 1 is 1.11 bits per heavy atom. The van der Waals surface area contributed by atoms with Crippen molar-refractivity contribution in [1.29, 1.82) is 0 Å². The molecule has 2 nitrogen and oxygen atoms in total. The van der Waals surface area contributed by atoms with Crippen molar-refractivity contribution in [2.75, 3.05) is 0 Å². The van der Waals surface area contributed by atoms with Crippen molar-refractivity contribution in [3.05, 3.63) is 64.5 Å². The molecule has 0 saturated heterocycles. The van der Waals surface area contributed by atoms with Crippen molar-refractivity contribution in [3.63, 3.8) is 0 Å². The maximum absolute atomic E-state index is 6.28. The molecular weight excluding hydrogens is 220 g/mol. The van der Waals surface area contributed by atoms with Crippen LogP contribution in [-0.4, -0.2) is 4.98 Å². The molecule has 0 aliphatic heterocycles. The van der Waals surface area contributed by atoms with Crippen LogP contribution in [0.3, 0.4) is 0 Å². The zero-order valence-electron chi connectivity index (χ0n) is 11.3. The molecule has 2 heteroatoms. The average molecular weight is 240 g/mol. The van der Waals surface area contributed by atoms with Crippen molar-refractivity contribution in [3.8, 4) is 0 Å². The van der Waals surface area contributed by atoms with Gasteiger partial charge >= 0.3 is 0 Å². The Bertz CT molecular complexity index is 547. The lowest BCUT2D eigenvalue weighted by Gasteiger charge is -2.15. The maximum Gasteiger partial charge on any atom is 0.0603 e. The molecule has 2 aromatic rings. The van der Waals surface area contributed by atoms with Gasteiger partial charge < -0.3 is 5.73 Å². The van der Waals surface area contributed by atoms with Crippen LogP contribution in [0.5, 0.6) is 0 Å². The monoisotopic (exact) mass is 240 g/mol. The summed E-state index contributed by atoms with van der Waals surface area (Å²) < 4.78 is 0. The van der Waals surface area contributed by atoms with Gasteiger partial charge in [-0.1, -0.05) is 29.8 Å². The summed E-state index contributed by atoms with van der Waals surface area (Å²) in [4.78, 5) is 4.40. The molecule has 1 aromatic carbocycles. The molecule has 0 amide bonds. The van der Waals surface area contributed by atoms with Crippen molar-refractivity contribution in [2.45, 2.75) is 33.2 Å². The first-order chi connectivity index (χ1) is 8.58. The molecule has 1 aromatic heterocycles. The average Bonchev–Trinajstić information content (AvgIpc) is 2.34. The highest BCUT2D eigenvalue weighted by molar-refractivity contribution is 5.32. The molecule has 0 aliphatic rings. The van der Waals surface area contributed by atoms with Crippen molar-refractivity contribution >= 4 is 0 Å². The van der Waals surface area contributed by atoms with E-state index in [1.165, 1.54) is 16.7 Å². The highest BCUT2D eigenvalue weighted by Gasteiger charge is 2.12. The minimum Gasteiger partial charge on any atom is -0.322 e. The van der Waals surface area contributed by atoms with Gasteiger partial charge in [0.15, 0.2) is 0 Å². The molecule has 0 saturated carbocycles. The summed E-state index contributed by atoms with van der Waals surface area (Å²) in [5, 5.41) is 0. The van der Waals surface area contributed by atoms with Crippen LogP contribution in [0.1, 0.15) is 34.0 Å². The van der Waals surface area contributed by atoms with Crippen LogP contribution in [0, 0.1) is 20.8 Å². The summed E-state index contributed by atoms with van der Waals surface area (Å²) in [6.45, 7) is 6.30. The molecule has 1 atom stereocenters. The van der Waals surface area contributed by atoms with Gasteiger partial charge in [-0.2, -0.15) is 0 Å². The highest BCUT2D eigenvalue weighted by atomic mass is 14.8. The zero-order chi connectivity index (χ0) is 13.1. The third kappa shape index (κ3) is 2.77. The number of aryl methyl sites for hydroxylation is 3. The Labute approximate surface area is 109 Å². The fourth-order valence-corrected chi connectivity index (χ4v) is 2.24. The van der Waals surface area contributed by atoms with Gasteiger partial charge in [0, 0.05) is 6.20 Å². The van der Waals surface area contributed by atoms with Gasteiger partial charge in [-0.15, -0.1) is 0 Å². The first-order valence-electron chi connectivity index (χ1n) is 6.31. The lowest BCUT2D eigenvalue weighted by molar-refractivity contribution is 0.687. The van der Waals surface area contributed by atoms with Crippen molar-refractivity contribution in [2.24, 2.45) is 5.73 Å². The lowest BCUT2D eigenvalue weighted by atomic mass is 9.96. The fraction of sp³-hybridized carbons (Fsp3) is 0.312. The summed E-state index contributed by atoms with van der Waals surface area (Å²) in [7, 11) is 0. The van der Waals surface area contributed by atoms with Crippen LogP contribution in [0.4, 0.5) is 0 Å². The van der Waals surface area contributed by atoms with Crippen LogP contribution < -0.4 is 5.73 Å². The van der Waals surface area contributed by atoms with Gasteiger partial charge in [0.25, 0.3) is 0 Å². The SMILES string of the molecule is Cc1ccc(C)c(CC(N)c2ncccc2C)c1. The van der Waals surface area contributed by atoms with Gasteiger partial charge in [0.1, 0.15) is 0 Å². The third-order valence-electron chi connectivity index (χ3n) is 3.35. The zero-order valence-corrected chi connectivity index (χ0v) is 11.3. The number of rotatable bonds is 3. The smallest absolute Gasteiger partial charge is 0.0603 e. The van der Waals surface area contributed by atoms with E-state index < -0.39 is 0 Å². The molecular formula is C16H20N2. The van der Waals surface area contributed by atoms with E-state index in [1.54, 1.807) is 0 Å². The van der Waals surface area contributed by atoms with Crippen LogP contribution in [0.2, 0.25) is 0 Å². The third-order valence-corrected chi connectivity index (χ3v) is 3.35. The topological polar surface area (TPSA) is 38.9 Å². The highest BCUT2D eigenvalue weighted by Crippen LogP contribution is 2.20. The van der Waals surface area contributed by atoms with Crippen LogP contribution >= 0.6 is 0 Å². The van der Waals surface area contributed by atoms with Gasteiger partial charge in [-0.05, 0) is 49.9 Å². The van der Waals surface area contributed by atoms with Gasteiger partial charge in [-0.3, -0.25) is 4.98 Å². The number of nitrogens with zero attached hydrogens (tertiary/aromatic N) is 1. The molecule has 1 heterocycles. The van der Waals surface area contributed by atoms with Crippen molar-refractivity contribution in [1.82, 2.24) is 4.98 Å². The van der Waals surface area contributed by atoms with E-state index in [9.17, 15) is 0 Å². The fourth-order valence-electron chi connectivity index (χ4n) is 2.24.